The van der Waals surface area contributed by atoms with Gasteiger partial charge in [0.15, 0.2) is 0 Å². The normalized spacial score (nSPS) is 14.2. The summed E-state index contributed by atoms with van der Waals surface area (Å²) in [7, 11) is 0. The van der Waals surface area contributed by atoms with Gasteiger partial charge in [-0.05, 0) is 44.7 Å². The van der Waals surface area contributed by atoms with Crippen molar-refractivity contribution < 1.29 is 9.32 Å². The highest BCUT2D eigenvalue weighted by molar-refractivity contribution is 5.76. The maximum Gasteiger partial charge on any atom is 0.261 e. The highest BCUT2D eigenvalue weighted by atomic mass is 16.5. The van der Waals surface area contributed by atoms with Gasteiger partial charge in [-0.25, -0.2) is 0 Å². The number of carbonyl (C=O) groups is 1. The largest absolute Gasteiger partial charge is 0.343 e. The van der Waals surface area contributed by atoms with Crippen molar-refractivity contribution in [2.24, 2.45) is 0 Å². The lowest BCUT2D eigenvalue weighted by Crippen LogP contribution is -2.27. The van der Waals surface area contributed by atoms with Crippen molar-refractivity contribution in [3.8, 4) is 11.4 Å². The molecule has 0 bridgehead atoms. The van der Waals surface area contributed by atoms with E-state index in [0.29, 0.717) is 43.1 Å². The molecule has 0 N–H and O–H groups in total. The van der Waals surface area contributed by atoms with Gasteiger partial charge in [-0.3, -0.25) is 9.59 Å². The molecule has 3 rings (SSSR count). The first-order valence-corrected chi connectivity index (χ1v) is 9.41. The lowest BCUT2D eigenvalue weighted by atomic mass is 10.2. The molecule has 0 aliphatic carbocycles. The van der Waals surface area contributed by atoms with Crippen LogP contribution in [0.5, 0.6) is 0 Å². The Balaban J connectivity index is 1.64. The summed E-state index contributed by atoms with van der Waals surface area (Å²) < 4.78 is 7.01. The third-order valence-corrected chi connectivity index (χ3v) is 4.79. The summed E-state index contributed by atoms with van der Waals surface area (Å²) in [5.74, 6) is 0.986. The standard InChI is InChI=1S/C19H26N4O3/c1-3-11-23-14(2)9-10-15(19(23)25)18-20-16(26-21-18)7-6-8-17(24)22-12-4-5-13-22/h9-10H,3-8,11-13H2,1-2H3. The number of nitrogens with zero attached hydrogens (tertiary/aromatic N) is 4. The van der Waals surface area contributed by atoms with Gasteiger partial charge >= 0.3 is 0 Å². The minimum atomic E-state index is -0.0941. The van der Waals surface area contributed by atoms with E-state index in [-0.39, 0.29) is 11.5 Å². The fourth-order valence-corrected chi connectivity index (χ4v) is 3.32. The maximum atomic E-state index is 12.6. The van der Waals surface area contributed by atoms with E-state index in [1.165, 1.54) is 0 Å². The lowest BCUT2D eigenvalue weighted by Gasteiger charge is -2.14. The zero-order chi connectivity index (χ0) is 18.5. The number of likely N-dealkylation sites (tertiary alicyclic amines) is 1. The molecule has 7 nitrogen and oxygen atoms in total. The van der Waals surface area contributed by atoms with E-state index in [1.54, 1.807) is 10.6 Å². The Morgan fingerprint density at radius 1 is 1.27 bits per heavy atom. The smallest absolute Gasteiger partial charge is 0.261 e. The average Bonchev–Trinajstić information content (AvgIpc) is 3.30. The third-order valence-electron chi connectivity index (χ3n) is 4.79. The van der Waals surface area contributed by atoms with E-state index in [1.807, 2.05) is 24.8 Å². The molecule has 7 heteroatoms. The number of amides is 1. The van der Waals surface area contributed by atoms with Crippen LogP contribution >= 0.6 is 0 Å². The molecule has 1 saturated heterocycles. The minimum absolute atomic E-state index is 0.0941. The Morgan fingerprint density at radius 2 is 2.04 bits per heavy atom. The highest BCUT2D eigenvalue weighted by Crippen LogP contribution is 2.15. The first kappa shape index (κ1) is 18.4. The monoisotopic (exact) mass is 358 g/mol. The minimum Gasteiger partial charge on any atom is -0.343 e. The van der Waals surface area contributed by atoms with Crippen molar-refractivity contribution in [2.75, 3.05) is 13.1 Å². The van der Waals surface area contributed by atoms with Crippen LogP contribution in [0.15, 0.2) is 21.5 Å². The molecule has 0 radical (unpaired) electrons. The molecule has 2 aromatic rings. The molecule has 1 amide bonds. The van der Waals surface area contributed by atoms with Crippen molar-refractivity contribution in [1.82, 2.24) is 19.6 Å². The molecule has 0 aromatic carbocycles. The van der Waals surface area contributed by atoms with Gasteiger partial charge in [-0.2, -0.15) is 4.98 Å². The molecule has 0 saturated carbocycles. The predicted octanol–water partition coefficient (Wildman–Crippen LogP) is 2.56. The third kappa shape index (κ3) is 4.03. The van der Waals surface area contributed by atoms with Crippen LogP contribution in [-0.2, 0) is 17.8 Å². The Hall–Kier alpha value is -2.44. The van der Waals surface area contributed by atoms with Gasteiger partial charge in [0.1, 0.15) is 0 Å². The topological polar surface area (TPSA) is 81.2 Å². The summed E-state index contributed by atoms with van der Waals surface area (Å²) in [6.07, 6.45) is 4.79. The van der Waals surface area contributed by atoms with Crippen LogP contribution in [0, 0.1) is 6.92 Å². The average molecular weight is 358 g/mol. The predicted molar refractivity (Wildman–Crippen MR) is 97.8 cm³/mol. The summed E-state index contributed by atoms with van der Waals surface area (Å²) >= 11 is 0. The lowest BCUT2D eigenvalue weighted by molar-refractivity contribution is -0.130. The van der Waals surface area contributed by atoms with Gasteiger partial charge in [-0.1, -0.05) is 12.1 Å². The van der Waals surface area contributed by atoms with E-state index in [0.717, 1.165) is 38.0 Å². The Bertz CT molecular complexity index is 818. The van der Waals surface area contributed by atoms with Crippen LogP contribution < -0.4 is 5.56 Å². The Labute approximate surface area is 153 Å². The summed E-state index contributed by atoms with van der Waals surface area (Å²) in [6.45, 7) is 6.37. The van der Waals surface area contributed by atoms with E-state index >= 15 is 0 Å². The first-order chi connectivity index (χ1) is 12.6. The van der Waals surface area contributed by atoms with Crippen LogP contribution in [0.4, 0.5) is 0 Å². The fraction of sp³-hybridized carbons (Fsp3) is 0.579. The highest BCUT2D eigenvalue weighted by Gasteiger charge is 2.18. The van der Waals surface area contributed by atoms with Crippen LogP contribution in [0.1, 0.15) is 50.6 Å². The number of rotatable bonds is 7. The van der Waals surface area contributed by atoms with Gasteiger partial charge < -0.3 is 14.0 Å². The number of hydrogen-bond donors (Lipinski definition) is 0. The molecule has 1 aliphatic heterocycles. The molecule has 3 heterocycles. The van der Waals surface area contributed by atoms with Crippen LogP contribution in [0.25, 0.3) is 11.4 Å². The number of hydrogen-bond acceptors (Lipinski definition) is 5. The molecule has 0 atom stereocenters. The van der Waals surface area contributed by atoms with Gasteiger partial charge in [-0.15, -0.1) is 0 Å². The quantitative estimate of drug-likeness (QED) is 0.760. The molecule has 1 fully saturated rings. The zero-order valence-electron chi connectivity index (χ0n) is 15.5. The molecule has 140 valence electrons. The molecule has 26 heavy (non-hydrogen) atoms. The molecule has 0 unspecified atom stereocenters. The number of aromatic nitrogens is 3. The Kier molecular flexibility index (Phi) is 5.85. The van der Waals surface area contributed by atoms with Crippen molar-refractivity contribution in [1.29, 1.82) is 0 Å². The van der Waals surface area contributed by atoms with Crippen molar-refractivity contribution in [2.45, 2.75) is 58.9 Å². The number of aryl methyl sites for hydroxylation is 2. The van der Waals surface area contributed by atoms with Crippen molar-refractivity contribution >= 4 is 5.91 Å². The van der Waals surface area contributed by atoms with E-state index < -0.39 is 0 Å². The van der Waals surface area contributed by atoms with Gasteiger partial charge in [0.05, 0.1) is 5.56 Å². The second-order valence-electron chi connectivity index (χ2n) is 6.80. The van der Waals surface area contributed by atoms with Gasteiger partial charge in [0.25, 0.3) is 5.56 Å². The molecular weight excluding hydrogens is 332 g/mol. The summed E-state index contributed by atoms with van der Waals surface area (Å²) in [6, 6.07) is 3.65. The number of pyridine rings is 1. The summed E-state index contributed by atoms with van der Waals surface area (Å²) in [5, 5.41) is 3.96. The molecule has 0 spiro atoms. The molecule has 2 aromatic heterocycles. The van der Waals surface area contributed by atoms with Crippen LogP contribution in [-0.4, -0.2) is 38.6 Å². The van der Waals surface area contributed by atoms with Crippen LogP contribution in [0.2, 0.25) is 0 Å². The second-order valence-corrected chi connectivity index (χ2v) is 6.80. The number of carbonyl (C=O) groups excluding carboxylic acids is 1. The molecule has 1 aliphatic rings. The first-order valence-electron chi connectivity index (χ1n) is 9.41. The Morgan fingerprint density at radius 3 is 2.77 bits per heavy atom. The second kappa shape index (κ2) is 8.29. The summed E-state index contributed by atoms with van der Waals surface area (Å²) in [4.78, 5) is 31.0. The van der Waals surface area contributed by atoms with E-state index in [9.17, 15) is 9.59 Å². The summed E-state index contributed by atoms with van der Waals surface area (Å²) in [5.41, 5.74) is 1.28. The fourth-order valence-electron chi connectivity index (χ4n) is 3.32. The van der Waals surface area contributed by atoms with Crippen molar-refractivity contribution in [3.63, 3.8) is 0 Å². The van der Waals surface area contributed by atoms with Gasteiger partial charge in [0, 0.05) is 38.2 Å². The van der Waals surface area contributed by atoms with E-state index in [2.05, 4.69) is 10.1 Å². The van der Waals surface area contributed by atoms with E-state index in [4.69, 9.17) is 4.52 Å². The van der Waals surface area contributed by atoms with Crippen LogP contribution in [0.3, 0.4) is 0 Å². The SMILES string of the molecule is CCCn1c(C)ccc(-c2noc(CCCC(=O)N3CCCC3)n2)c1=O. The van der Waals surface area contributed by atoms with Crippen molar-refractivity contribution in [3.05, 3.63) is 34.1 Å². The van der Waals surface area contributed by atoms with Gasteiger partial charge in [0.2, 0.25) is 17.6 Å². The zero-order valence-corrected chi connectivity index (χ0v) is 15.5. The molecular formula is C19H26N4O3. The maximum absolute atomic E-state index is 12.6.